The van der Waals surface area contributed by atoms with E-state index >= 15 is 0 Å². The fraction of sp³-hybridized carbons (Fsp3) is 0.685. The Bertz CT molecular complexity index is 1640. The molecule has 6 heteroatoms. The number of hydrogen-bond donors (Lipinski definition) is 0. The largest absolute Gasteiger partial charge is 0.462 e. The van der Waals surface area contributed by atoms with Gasteiger partial charge in [-0.15, -0.1) is 0 Å². The minimum Gasteiger partial charge on any atom is -0.462 e. The van der Waals surface area contributed by atoms with Crippen molar-refractivity contribution in [3.05, 3.63) is 122 Å². The topological polar surface area (TPSA) is 78.9 Å². The Morgan fingerprint density at radius 2 is 0.494 bits per heavy atom. The normalized spacial score (nSPS) is 12.9. The number of ether oxygens (including phenoxy) is 3. The predicted octanol–water partition coefficient (Wildman–Crippen LogP) is 22.8. The molecule has 0 heterocycles. The molecule has 0 bridgehead atoms. The van der Waals surface area contributed by atoms with Crippen molar-refractivity contribution in [3.8, 4) is 0 Å². The lowest BCUT2D eigenvalue weighted by Crippen LogP contribution is -2.30. The highest BCUT2D eigenvalue weighted by Gasteiger charge is 2.19. The number of rotatable bonds is 59. The van der Waals surface area contributed by atoms with Gasteiger partial charge in [0, 0.05) is 19.3 Å². The van der Waals surface area contributed by atoms with Crippen LogP contribution in [-0.2, 0) is 28.6 Å². The molecule has 0 saturated carbocycles. The zero-order valence-corrected chi connectivity index (χ0v) is 51.6. The van der Waals surface area contributed by atoms with E-state index in [4.69, 9.17) is 14.2 Å². The van der Waals surface area contributed by atoms with Crippen molar-refractivity contribution in [3.63, 3.8) is 0 Å². The minimum absolute atomic E-state index is 0.0868. The summed E-state index contributed by atoms with van der Waals surface area (Å²) in [6.45, 7) is 6.50. The molecule has 1 atom stereocenters. The Morgan fingerprint density at radius 3 is 0.772 bits per heavy atom. The highest BCUT2D eigenvalue weighted by molar-refractivity contribution is 5.71. The highest BCUT2D eigenvalue weighted by Crippen LogP contribution is 2.15. The second-order valence-corrected chi connectivity index (χ2v) is 21.6. The Balaban J connectivity index is 4.33. The maximum atomic E-state index is 12.9. The quantitative estimate of drug-likeness (QED) is 0.0261. The first-order valence-corrected chi connectivity index (χ1v) is 33.0. The van der Waals surface area contributed by atoms with Crippen LogP contribution in [0.3, 0.4) is 0 Å². The molecule has 0 amide bonds. The van der Waals surface area contributed by atoms with E-state index < -0.39 is 6.10 Å². The molecule has 0 radical (unpaired) electrons. The summed E-state index contributed by atoms with van der Waals surface area (Å²) in [5.41, 5.74) is 0. The van der Waals surface area contributed by atoms with Crippen LogP contribution in [0.25, 0.3) is 0 Å². The van der Waals surface area contributed by atoms with Gasteiger partial charge in [-0.3, -0.25) is 14.4 Å². The van der Waals surface area contributed by atoms with Crippen molar-refractivity contribution >= 4 is 17.9 Å². The average molecular weight is 1100 g/mol. The van der Waals surface area contributed by atoms with Gasteiger partial charge in [0.1, 0.15) is 13.2 Å². The first-order valence-electron chi connectivity index (χ1n) is 33.0. The van der Waals surface area contributed by atoms with Crippen LogP contribution in [0.4, 0.5) is 0 Å². The number of allylic oxidation sites excluding steroid dienone is 20. The number of hydrogen-bond acceptors (Lipinski definition) is 6. The van der Waals surface area contributed by atoms with Crippen LogP contribution in [0.5, 0.6) is 0 Å². The molecule has 0 aromatic heterocycles. The molecule has 1 unspecified atom stereocenters. The number of carbonyl (C=O) groups is 3. The molecule has 6 nitrogen and oxygen atoms in total. The molecular weight excluding hydrogens is 973 g/mol. The summed E-state index contributed by atoms with van der Waals surface area (Å²) < 4.78 is 16.9. The molecule has 0 spiro atoms. The molecule has 79 heavy (non-hydrogen) atoms. The smallest absolute Gasteiger partial charge is 0.306 e. The summed E-state index contributed by atoms with van der Waals surface area (Å²) in [5, 5.41) is 0. The van der Waals surface area contributed by atoms with Gasteiger partial charge in [-0.05, 0) is 116 Å². The van der Waals surface area contributed by atoms with Crippen LogP contribution in [0.2, 0.25) is 0 Å². The Hall–Kier alpha value is -4.19. The maximum Gasteiger partial charge on any atom is 0.306 e. The number of carbonyl (C=O) groups excluding carboxylic acids is 3. The molecule has 0 fully saturated rings. The zero-order valence-electron chi connectivity index (χ0n) is 51.6. The van der Waals surface area contributed by atoms with Gasteiger partial charge >= 0.3 is 17.9 Å². The summed E-state index contributed by atoms with van der Waals surface area (Å²) in [6, 6.07) is 0. The van der Waals surface area contributed by atoms with Gasteiger partial charge in [0.05, 0.1) is 0 Å². The van der Waals surface area contributed by atoms with Gasteiger partial charge in [0.15, 0.2) is 6.10 Å². The summed E-state index contributed by atoms with van der Waals surface area (Å²) in [6.07, 6.45) is 92.0. The summed E-state index contributed by atoms with van der Waals surface area (Å²) in [7, 11) is 0. The van der Waals surface area contributed by atoms with E-state index in [-0.39, 0.29) is 31.1 Å². The lowest BCUT2D eigenvalue weighted by Gasteiger charge is -2.18. The second kappa shape index (κ2) is 66.3. The number of unbranched alkanes of at least 4 members (excludes halogenated alkanes) is 28. The Morgan fingerprint density at radius 1 is 0.266 bits per heavy atom. The van der Waals surface area contributed by atoms with Crippen molar-refractivity contribution in [1.82, 2.24) is 0 Å². The van der Waals surface area contributed by atoms with Crippen molar-refractivity contribution in [2.24, 2.45) is 0 Å². The van der Waals surface area contributed by atoms with E-state index in [0.717, 1.165) is 135 Å². The molecule has 0 aliphatic heterocycles. The van der Waals surface area contributed by atoms with Crippen LogP contribution < -0.4 is 0 Å². The van der Waals surface area contributed by atoms with E-state index in [2.05, 4.69) is 142 Å². The third-order valence-electron chi connectivity index (χ3n) is 14.0. The first kappa shape index (κ1) is 74.8. The highest BCUT2D eigenvalue weighted by atomic mass is 16.6. The summed E-state index contributed by atoms with van der Waals surface area (Å²) in [5.74, 6) is -0.906. The van der Waals surface area contributed by atoms with Gasteiger partial charge in [0.2, 0.25) is 0 Å². The third-order valence-corrected chi connectivity index (χ3v) is 14.0. The first-order chi connectivity index (χ1) is 39.0. The van der Waals surface area contributed by atoms with Gasteiger partial charge in [-0.1, -0.05) is 290 Å². The van der Waals surface area contributed by atoms with Crippen molar-refractivity contribution in [1.29, 1.82) is 0 Å². The van der Waals surface area contributed by atoms with E-state index in [1.165, 1.54) is 128 Å². The predicted molar refractivity (Wildman–Crippen MR) is 343 cm³/mol. The fourth-order valence-electron chi connectivity index (χ4n) is 9.02. The van der Waals surface area contributed by atoms with Crippen LogP contribution in [0, 0.1) is 0 Å². The maximum absolute atomic E-state index is 12.9. The van der Waals surface area contributed by atoms with Gasteiger partial charge < -0.3 is 14.2 Å². The average Bonchev–Trinajstić information content (AvgIpc) is 3.45. The zero-order chi connectivity index (χ0) is 57.1. The van der Waals surface area contributed by atoms with Crippen molar-refractivity contribution < 1.29 is 28.6 Å². The van der Waals surface area contributed by atoms with E-state index in [9.17, 15) is 14.4 Å². The number of esters is 3. The van der Waals surface area contributed by atoms with Gasteiger partial charge in [-0.25, -0.2) is 0 Å². The lowest BCUT2D eigenvalue weighted by molar-refractivity contribution is -0.167. The monoisotopic (exact) mass is 1090 g/mol. The third kappa shape index (κ3) is 64.5. The minimum atomic E-state index is -0.792. The lowest BCUT2D eigenvalue weighted by atomic mass is 10.1. The second-order valence-electron chi connectivity index (χ2n) is 21.6. The molecule has 0 aromatic carbocycles. The van der Waals surface area contributed by atoms with Crippen molar-refractivity contribution in [2.45, 2.75) is 309 Å². The van der Waals surface area contributed by atoms with E-state index in [1.54, 1.807) is 0 Å². The Kier molecular flexibility index (Phi) is 62.8. The standard InChI is InChI=1S/C73H122O6/c1-4-7-10-13-16-19-22-24-26-28-30-32-33-34-35-36-37-38-39-41-42-44-46-48-51-54-57-60-63-66-72(75)78-69-70(68-77-71(74)65-62-59-56-53-50-21-18-15-12-9-6-3)79-73(76)67-64-61-58-55-52-49-47-45-43-40-31-29-27-25-23-20-17-14-11-8-5-2/h7,10,16,19,23-26,29-32,34-35,37-38,41-43,45,70H,4-6,8-9,11-15,17-18,20-22,27-28,33,36,39-40,44,46-69H2,1-3H3/b10-7-,19-16-,25-23-,26-24-,31-29-,32-30-,35-34-,38-37-,42-41-,45-43-. The van der Waals surface area contributed by atoms with Gasteiger partial charge in [-0.2, -0.15) is 0 Å². The molecule has 0 aliphatic carbocycles. The summed E-state index contributed by atoms with van der Waals surface area (Å²) >= 11 is 0. The van der Waals surface area contributed by atoms with E-state index in [1.807, 2.05) is 0 Å². The van der Waals surface area contributed by atoms with Gasteiger partial charge in [0.25, 0.3) is 0 Å². The fourth-order valence-corrected chi connectivity index (χ4v) is 9.02. The van der Waals surface area contributed by atoms with Crippen LogP contribution >= 0.6 is 0 Å². The van der Waals surface area contributed by atoms with E-state index in [0.29, 0.717) is 19.3 Å². The molecule has 0 aliphatic rings. The molecule has 0 rings (SSSR count). The van der Waals surface area contributed by atoms with Crippen LogP contribution in [-0.4, -0.2) is 37.2 Å². The van der Waals surface area contributed by atoms with Crippen LogP contribution in [0.1, 0.15) is 303 Å². The molecular formula is C73H122O6. The van der Waals surface area contributed by atoms with Crippen molar-refractivity contribution in [2.75, 3.05) is 13.2 Å². The van der Waals surface area contributed by atoms with Crippen LogP contribution in [0.15, 0.2) is 122 Å². The SMILES string of the molecule is CC/C=C\C/C=C\C/C=C\C/C=C\C/C=C\C/C=C\C/C=C\CCCCCCCCCC(=O)OCC(COC(=O)CCCCCCCCCCCCC)OC(=O)CCCCCCCC/C=C\C/C=C\C/C=C\CCCCCCC. The summed E-state index contributed by atoms with van der Waals surface area (Å²) in [4.78, 5) is 38.3. The molecule has 0 aromatic rings. The Labute approximate surface area is 488 Å². The molecule has 450 valence electrons. The molecule has 0 saturated heterocycles. The molecule has 0 N–H and O–H groups in total.